The Balaban J connectivity index is 1.49. The Morgan fingerprint density at radius 3 is 2.52 bits per heavy atom. The highest BCUT2D eigenvalue weighted by atomic mass is 19.1. The summed E-state index contributed by atoms with van der Waals surface area (Å²) in [6, 6.07) is 14.1. The molecule has 1 fully saturated rings. The summed E-state index contributed by atoms with van der Waals surface area (Å²) in [7, 11) is 0. The van der Waals surface area contributed by atoms with E-state index in [0.29, 0.717) is 39.0 Å². The molecule has 1 saturated heterocycles. The predicted molar refractivity (Wildman–Crippen MR) is 124 cm³/mol. The van der Waals surface area contributed by atoms with Gasteiger partial charge in [-0.15, -0.1) is 0 Å². The minimum Gasteiger partial charge on any atom is -0.466 e. The zero-order valence-electron chi connectivity index (χ0n) is 19.2. The van der Waals surface area contributed by atoms with E-state index in [-0.39, 0.29) is 36.2 Å². The Kier molecular flexibility index (Phi) is 7.18. The molecule has 2 aliphatic heterocycles. The van der Waals surface area contributed by atoms with Crippen molar-refractivity contribution in [2.24, 2.45) is 11.0 Å². The molecular weight excluding hydrogens is 421 g/mol. The Morgan fingerprint density at radius 2 is 1.85 bits per heavy atom. The summed E-state index contributed by atoms with van der Waals surface area (Å²) in [5.41, 5.74) is 3.67. The quantitative estimate of drug-likeness (QED) is 0.621. The van der Waals surface area contributed by atoms with Gasteiger partial charge in [0.1, 0.15) is 5.82 Å². The summed E-state index contributed by atoms with van der Waals surface area (Å²) < 4.78 is 19.1. The first-order valence-corrected chi connectivity index (χ1v) is 11.6. The lowest BCUT2D eigenvalue weighted by Crippen LogP contribution is -2.43. The molecule has 0 aromatic heterocycles. The van der Waals surface area contributed by atoms with Crippen LogP contribution in [0.25, 0.3) is 0 Å². The molecule has 174 valence electrons. The maximum atomic E-state index is 14.0. The van der Waals surface area contributed by atoms with Gasteiger partial charge in [0.05, 0.1) is 30.8 Å². The van der Waals surface area contributed by atoms with Crippen LogP contribution in [0.1, 0.15) is 48.9 Å². The number of ether oxygens (including phenoxy) is 1. The Labute approximate surface area is 194 Å². The highest BCUT2D eigenvalue weighted by Crippen LogP contribution is 2.33. The van der Waals surface area contributed by atoms with Crippen LogP contribution in [0.4, 0.5) is 4.39 Å². The van der Waals surface area contributed by atoms with E-state index in [0.717, 1.165) is 22.4 Å². The lowest BCUT2D eigenvalue weighted by Gasteiger charge is -2.31. The molecule has 0 N–H and O–H groups in total. The molecule has 0 unspecified atom stereocenters. The average molecular weight is 452 g/mol. The first-order chi connectivity index (χ1) is 15.9. The lowest BCUT2D eigenvalue weighted by molar-refractivity contribution is -0.149. The number of likely N-dealkylation sites (tertiary alicyclic amines) is 1. The predicted octanol–water partition coefficient (Wildman–Crippen LogP) is 4.09. The number of hydrogen-bond acceptors (Lipinski definition) is 5. The number of rotatable bonds is 6. The number of piperidine rings is 1. The van der Waals surface area contributed by atoms with Gasteiger partial charge in [0.2, 0.25) is 0 Å². The Bertz CT molecular complexity index is 1030. The highest BCUT2D eigenvalue weighted by molar-refractivity contribution is 6.03. The zero-order chi connectivity index (χ0) is 23.4. The molecule has 0 aliphatic carbocycles. The Morgan fingerprint density at radius 1 is 1.12 bits per heavy atom. The first-order valence-electron chi connectivity index (χ1n) is 11.6. The van der Waals surface area contributed by atoms with Crippen LogP contribution in [-0.2, 0) is 14.3 Å². The second-order valence-electron chi connectivity index (χ2n) is 8.73. The van der Waals surface area contributed by atoms with Crippen LogP contribution in [0.5, 0.6) is 0 Å². The van der Waals surface area contributed by atoms with Gasteiger partial charge in [-0.05, 0) is 63.0 Å². The SMILES string of the molecule is CCOC(=O)C1CCN(CC(=O)N2N=C(c3ccc(C)cc3)C[C@@H]2c2cccc(F)c2)CC1. The molecule has 0 saturated carbocycles. The maximum Gasteiger partial charge on any atom is 0.309 e. The molecule has 2 heterocycles. The molecule has 2 aliphatic rings. The van der Waals surface area contributed by atoms with Crippen molar-refractivity contribution in [1.82, 2.24) is 9.91 Å². The number of benzene rings is 2. The number of nitrogens with zero attached hydrogens (tertiary/aromatic N) is 3. The molecule has 0 radical (unpaired) electrons. The Hall–Kier alpha value is -3.06. The van der Waals surface area contributed by atoms with Crippen LogP contribution >= 0.6 is 0 Å². The smallest absolute Gasteiger partial charge is 0.309 e. The van der Waals surface area contributed by atoms with E-state index in [2.05, 4.69) is 10.0 Å². The van der Waals surface area contributed by atoms with Gasteiger partial charge in [-0.3, -0.25) is 14.5 Å². The van der Waals surface area contributed by atoms with Crippen molar-refractivity contribution in [2.75, 3.05) is 26.2 Å². The summed E-state index contributed by atoms with van der Waals surface area (Å²) in [5, 5.41) is 6.20. The molecule has 7 heteroatoms. The van der Waals surface area contributed by atoms with Crippen molar-refractivity contribution in [2.45, 2.75) is 39.2 Å². The number of esters is 1. The van der Waals surface area contributed by atoms with Crippen LogP contribution in [0, 0.1) is 18.7 Å². The van der Waals surface area contributed by atoms with Crippen molar-refractivity contribution >= 4 is 17.6 Å². The highest BCUT2D eigenvalue weighted by Gasteiger charge is 2.35. The molecule has 6 nitrogen and oxygen atoms in total. The standard InChI is InChI=1S/C26H30FN3O3/c1-3-33-26(32)20-11-13-29(14-12-20)17-25(31)30-24(21-5-4-6-22(27)15-21)16-23(28-30)19-9-7-18(2)8-10-19/h4-10,15,20,24H,3,11-14,16-17H2,1-2H3/t24-/m1/s1. The van der Waals surface area contributed by atoms with Crippen molar-refractivity contribution in [3.05, 3.63) is 71.0 Å². The fourth-order valence-corrected chi connectivity index (χ4v) is 4.48. The molecule has 1 atom stereocenters. The summed E-state index contributed by atoms with van der Waals surface area (Å²) in [5.74, 6) is -0.707. The molecule has 4 rings (SSSR count). The van der Waals surface area contributed by atoms with E-state index in [1.165, 1.54) is 17.1 Å². The molecule has 1 amide bonds. The molecule has 0 spiro atoms. The van der Waals surface area contributed by atoms with Crippen molar-refractivity contribution in [1.29, 1.82) is 0 Å². The molecule has 2 aromatic carbocycles. The normalized spacial score (nSPS) is 19.4. The largest absolute Gasteiger partial charge is 0.466 e. The van der Waals surface area contributed by atoms with Crippen LogP contribution in [0.3, 0.4) is 0 Å². The fourth-order valence-electron chi connectivity index (χ4n) is 4.48. The fraction of sp³-hybridized carbons (Fsp3) is 0.423. The van der Waals surface area contributed by atoms with Gasteiger partial charge in [-0.2, -0.15) is 5.10 Å². The van der Waals surface area contributed by atoms with Gasteiger partial charge >= 0.3 is 5.97 Å². The van der Waals surface area contributed by atoms with Gasteiger partial charge in [0, 0.05) is 6.42 Å². The van der Waals surface area contributed by atoms with E-state index in [4.69, 9.17) is 4.74 Å². The third-order valence-corrected chi connectivity index (χ3v) is 6.35. The second-order valence-corrected chi connectivity index (χ2v) is 8.73. The van der Waals surface area contributed by atoms with E-state index < -0.39 is 0 Å². The first kappa shape index (κ1) is 23.1. The van der Waals surface area contributed by atoms with E-state index in [1.54, 1.807) is 6.07 Å². The number of hydrogen-bond donors (Lipinski definition) is 0. The summed E-state index contributed by atoms with van der Waals surface area (Å²) >= 11 is 0. The second kappa shape index (κ2) is 10.3. The third-order valence-electron chi connectivity index (χ3n) is 6.35. The van der Waals surface area contributed by atoms with Gasteiger partial charge in [0.15, 0.2) is 0 Å². The van der Waals surface area contributed by atoms with Gasteiger partial charge in [-0.25, -0.2) is 9.40 Å². The summed E-state index contributed by atoms with van der Waals surface area (Å²) in [4.78, 5) is 27.4. The van der Waals surface area contributed by atoms with E-state index in [9.17, 15) is 14.0 Å². The third kappa shape index (κ3) is 5.47. The van der Waals surface area contributed by atoms with E-state index >= 15 is 0 Å². The monoisotopic (exact) mass is 451 g/mol. The van der Waals surface area contributed by atoms with Gasteiger partial charge < -0.3 is 4.74 Å². The van der Waals surface area contributed by atoms with Crippen LogP contribution in [0.2, 0.25) is 0 Å². The lowest BCUT2D eigenvalue weighted by atomic mass is 9.96. The molecular formula is C26H30FN3O3. The van der Waals surface area contributed by atoms with Crippen LogP contribution in [0.15, 0.2) is 53.6 Å². The minimum absolute atomic E-state index is 0.103. The molecule has 2 aromatic rings. The van der Waals surface area contributed by atoms with Gasteiger partial charge in [0.25, 0.3) is 5.91 Å². The van der Waals surface area contributed by atoms with Crippen LogP contribution in [-0.4, -0.2) is 53.7 Å². The average Bonchev–Trinajstić information content (AvgIpc) is 3.26. The molecule has 0 bridgehead atoms. The summed E-state index contributed by atoms with van der Waals surface area (Å²) in [6.07, 6.45) is 1.89. The van der Waals surface area contributed by atoms with Crippen molar-refractivity contribution < 1.29 is 18.7 Å². The minimum atomic E-state index is -0.346. The zero-order valence-corrected chi connectivity index (χ0v) is 19.2. The summed E-state index contributed by atoms with van der Waals surface area (Å²) in [6.45, 7) is 5.74. The number of carbonyl (C=O) groups excluding carboxylic acids is 2. The van der Waals surface area contributed by atoms with Crippen LogP contribution < -0.4 is 0 Å². The topological polar surface area (TPSA) is 62.2 Å². The van der Waals surface area contributed by atoms with Gasteiger partial charge in [-0.1, -0.05) is 42.0 Å². The molecule has 33 heavy (non-hydrogen) atoms. The number of carbonyl (C=O) groups is 2. The number of halogens is 1. The number of hydrazone groups is 1. The maximum absolute atomic E-state index is 14.0. The van der Waals surface area contributed by atoms with Crippen molar-refractivity contribution in [3.63, 3.8) is 0 Å². The number of aryl methyl sites for hydroxylation is 1. The van der Waals surface area contributed by atoms with E-state index in [1.807, 2.05) is 44.2 Å². The number of amides is 1. The van der Waals surface area contributed by atoms with Crippen molar-refractivity contribution in [3.8, 4) is 0 Å².